The van der Waals surface area contributed by atoms with E-state index in [-0.39, 0.29) is 79.1 Å². The summed E-state index contributed by atoms with van der Waals surface area (Å²) in [4.78, 5) is 19.5. The largest absolute Gasteiger partial charge is 1.00 e. The first-order valence-electron chi connectivity index (χ1n) is 7.99. The normalized spacial score (nSPS) is 11.4. The second kappa shape index (κ2) is 10.3. The van der Waals surface area contributed by atoms with Gasteiger partial charge in [0.15, 0.2) is 0 Å². The first-order valence-corrected chi connectivity index (χ1v) is 10.9. The molecule has 2 aromatic heterocycles. The Morgan fingerprint density at radius 3 is 2.44 bits per heavy atom. The summed E-state index contributed by atoms with van der Waals surface area (Å²) in [6, 6.07) is 1.66. The van der Waals surface area contributed by atoms with E-state index in [1.165, 1.54) is 6.92 Å². The summed E-state index contributed by atoms with van der Waals surface area (Å²) in [6.45, 7) is 10.4. The van der Waals surface area contributed by atoms with Crippen LogP contribution in [-0.2, 0) is 10.1 Å². The Balaban J connectivity index is 0.00000363. The van der Waals surface area contributed by atoms with E-state index in [9.17, 15) is 22.9 Å². The predicted octanol–water partition coefficient (Wildman–Crippen LogP) is 1.19. The molecule has 0 amide bonds. The monoisotopic (exact) mass is 538 g/mol. The van der Waals surface area contributed by atoms with Crippen molar-refractivity contribution >= 4 is 61.4 Å². The molecule has 3 rings (SSSR count). The predicted molar refractivity (Wildman–Crippen MR) is 112 cm³/mol. The second-order valence-electron chi connectivity index (χ2n) is 5.91. The van der Waals surface area contributed by atoms with Gasteiger partial charge in [-0.1, -0.05) is 23.2 Å². The molecule has 0 saturated heterocycles. The fourth-order valence-electron chi connectivity index (χ4n) is 2.52. The molecule has 0 aliphatic heterocycles. The zero-order valence-electron chi connectivity index (χ0n) is 16.5. The van der Waals surface area contributed by atoms with Crippen LogP contribution in [0.1, 0.15) is 11.4 Å². The van der Waals surface area contributed by atoms with Crippen molar-refractivity contribution in [3.8, 4) is 11.6 Å². The smallest absolute Gasteiger partial charge is 0.744 e. The molecule has 160 valence electrons. The molecule has 1 aromatic carbocycles. The molecule has 32 heavy (non-hydrogen) atoms. The van der Waals surface area contributed by atoms with Gasteiger partial charge >= 0.3 is 51.4 Å². The Morgan fingerprint density at radius 1 is 1.25 bits per heavy atom. The summed E-state index contributed by atoms with van der Waals surface area (Å²) in [5.74, 6) is -0.325. The summed E-state index contributed by atoms with van der Waals surface area (Å²) in [6.07, 6.45) is 0. The third-order valence-electron chi connectivity index (χ3n) is 3.92. The van der Waals surface area contributed by atoms with E-state index in [1.54, 1.807) is 6.92 Å². The molecule has 0 unspecified atom stereocenters. The molecule has 0 fully saturated rings. The maximum Gasteiger partial charge on any atom is 1.00 e. The van der Waals surface area contributed by atoms with E-state index in [2.05, 4.69) is 24.4 Å². The summed E-state index contributed by atoms with van der Waals surface area (Å²) in [5, 5.41) is 17.5. The van der Waals surface area contributed by atoms with Crippen LogP contribution in [0.25, 0.3) is 10.5 Å². The molecule has 2 heterocycles. The number of halogens is 2. The number of benzene rings is 1. The molecular weight excluding hydrogens is 530 g/mol. The van der Waals surface area contributed by atoms with E-state index in [4.69, 9.17) is 29.8 Å². The number of aromatic hydroxyl groups is 1. The zero-order valence-corrected chi connectivity index (χ0v) is 22.8. The summed E-state index contributed by atoms with van der Waals surface area (Å²) < 4.78 is 38.5. The van der Waals surface area contributed by atoms with Crippen LogP contribution >= 0.6 is 34.7 Å². The average Bonchev–Trinajstić information content (AvgIpc) is 3.08. The van der Waals surface area contributed by atoms with Crippen LogP contribution in [0, 0.1) is 20.4 Å². The van der Waals surface area contributed by atoms with Crippen LogP contribution in [0.4, 0.5) is 16.5 Å². The van der Waals surface area contributed by atoms with Crippen LogP contribution in [0.2, 0.25) is 10.0 Å². The number of nitrogens with zero attached hydrogens (tertiary/aromatic N) is 6. The van der Waals surface area contributed by atoms with Crippen molar-refractivity contribution in [1.82, 2.24) is 13.9 Å². The van der Waals surface area contributed by atoms with Crippen LogP contribution < -0.4 is 56.9 Å². The first kappa shape index (κ1) is 27.0. The molecule has 1 N–H and O–H groups in total. The average molecular weight is 539 g/mol. The van der Waals surface area contributed by atoms with E-state index < -0.39 is 36.5 Å². The Hall–Kier alpha value is -1.25. The van der Waals surface area contributed by atoms with Crippen molar-refractivity contribution in [2.45, 2.75) is 18.7 Å². The van der Waals surface area contributed by atoms with Crippen LogP contribution in [-0.4, -0.2) is 32.0 Å². The molecule has 0 aliphatic rings. The van der Waals surface area contributed by atoms with E-state index in [1.807, 2.05) is 0 Å². The number of aromatic nitrogens is 3. The Labute approximate surface area is 237 Å². The molecule has 0 saturated carbocycles. The van der Waals surface area contributed by atoms with E-state index in [0.29, 0.717) is 10.4 Å². The van der Waals surface area contributed by atoms with Crippen LogP contribution in [0.3, 0.4) is 0 Å². The topological polar surface area (TPSA) is 154 Å². The molecule has 0 aliphatic carbocycles. The van der Waals surface area contributed by atoms with Gasteiger partial charge in [0.1, 0.15) is 21.6 Å². The molecule has 0 bridgehead atoms. The van der Waals surface area contributed by atoms with Crippen molar-refractivity contribution < 1.29 is 69.5 Å². The second-order valence-corrected chi connectivity index (χ2v) is 8.80. The van der Waals surface area contributed by atoms with Crippen molar-refractivity contribution in [1.29, 1.82) is 0 Å². The number of pyridine rings is 1. The zero-order chi connectivity index (χ0) is 23.1. The molecule has 16 heteroatoms. The summed E-state index contributed by atoms with van der Waals surface area (Å²) >= 11 is 12.9. The minimum atomic E-state index is -4.95. The van der Waals surface area contributed by atoms with Gasteiger partial charge in [-0.3, -0.25) is 9.36 Å². The first-order chi connectivity index (χ1) is 14.5. The fraction of sp³-hybridized carbons (Fsp3) is 0.125. The number of hydrogen-bond acceptors (Lipinski definition) is 10. The van der Waals surface area contributed by atoms with Crippen molar-refractivity contribution in [3.63, 3.8) is 0 Å². The Kier molecular flexibility index (Phi) is 8.73. The maximum atomic E-state index is 13.1. The summed E-state index contributed by atoms with van der Waals surface area (Å²) in [7, 11) is -4.95. The van der Waals surface area contributed by atoms with Crippen LogP contribution in [0.5, 0.6) is 5.88 Å². The number of aryl methyl sites for hydroxylation is 1. The van der Waals surface area contributed by atoms with E-state index in [0.717, 1.165) is 23.7 Å². The maximum absolute atomic E-state index is 13.1. The minimum absolute atomic E-state index is 0. The standard InChI is InChI=1S/C16H10Cl2N6O5S2.K/c1-6-12(19-3)14(25)24(10-4-9(18)11(5-8(10)17)31(27,28)29)15(26)13(6)21-22-16-20-7(2)23-30-16;/h4-5,25H,1-2H3,(H,27,28,29);/q;+1/p-1. The van der Waals surface area contributed by atoms with Gasteiger partial charge in [-0.2, -0.15) is 4.37 Å². The van der Waals surface area contributed by atoms with Crippen molar-refractivity contribution in [2.75, 3.05) is 0 Å². The Morgan fingerprint density at radius 2 is 1.91 bits per heavy atom. The Bertz CT molecular complexity index is 1460. The van der Waals surface area contributed by atoms with Gasteiger partial charge in [-0.25, -0.2) is 18.2 Å². The molecular formula is C16H9Cl2KN6O5S2. The van der Waals surface area contributed by atoms with Crippen molar-refractivity contribution in [3.05, 3.63) is 55.3 Å². The molecule has 11 nitrogen and oxygen atoms in total. The molecule has 0 radical (unpaired) electrons. The van der Waals surface area contributed by atoms with E-state index >= 15 is 0 Å². The van der Waals surface area contributed by atoms with Crippen LogP contribution in [0.15, 0.2) is 32.1 Å². The van der Waals surface area contributed by atoms with Gasteiger partial charge in [0.25, 0.3) is 11.2 Å². The third kappa shape index (κ3) is 5.28. The van der Waals surface area contributed by atoms with Gasteiger partial charge in [0.05, 0.1) is 27.2 Å². The molecule has 0 spiro atoms. The SMILES string of the molecule is [C-]#[N+]c1c(C)c(N=Nc2nc(C)ns2)c(=O)n(-c2cc(Cl)c(S(=O)(=O)[O-])cc2Cl)c1O.[K+]. The fourth-order valence-corrected chi connectivity index (χ4v) is 4.34. The number of azo groups is 1. The summed E-state index contributed by atoms with van der Waals surface area (Å²) in [5.41, 5.74) is -1.78. The van der Waals surface area contributed by atoms with Gasteiger partial charge in [-0.05, 0) is 31.5 Å². The third-order valence-corrected chi connectivity index (χ3v) is 6.21. The molecule has 3 aromatic rings. The molecule has 0 atom stereocenters. The van der Waals surface area contributed by atoms with Gasteiger partial charge < -0.3 is 9.66 Å². The number of hydrogen-bond donors (Lipinski definition) is 1. The quantitative estimate of drug-likeness (QED) is 0.226. The van der Waals surface area contributed by atoms with Crippen molar-refractivity contribution in [2.24, 2.45) is 10.2 Å². The van der Waals surface area contributed by atoms with Gasteiger partial charge in [-0.15, -0.1) is 10.2 Å². The number of rotatable bonds is 4. The van der Waals surface area contributed by atoms with Gasteiger partial charge in [0.2, 0.25) is 11.0 Å². The minimum Gasteiger partial charge on any atom is -0.744 e. The van der Waals surface area contributed by atoms with Gasteiger partial charge in [0, 0.05) is 11.5 Å².